The monoisotopic (exact) mass is 223 g/mol. The van der Waals surface area contributed by atoms with Gasteiger partial charge >= 0.3 is 0 Å². The van der Waals surface area contributed by atoms with Gasteiger partial charge in [0.1, 0.15) is 0 Å². The molecular weight excluding hydrogens is 194 g/mol. The maximum absolute atomic E-state index is 3.66. The topological polar surface area (TPSA) is 12.0 Å². The third-order valence-electron chi connectivity index (χ3n) is 5.37. The predicted octanol–water partition coefficient (Wildman–Crippen LogP) is 3.98. The van der Waals surface area contributed by atoms with Crippen molar-refractivity contribution in [3.8, 4) is 0 Å². The molecule has 2 rings (SSSR count). The van der Waals surface area contributed by atoms with Crippen molar-refractivity contribution in [1.82, 2.24) is 5.32 Å². The van der Waals surface area contributed by atoms with Gasteiger partial charge in [0, 0.05) is 0 Å². The second-order valence-electron chi connectivity index (χ2n) is 6.07. The summed E-state index contributed by atoms with van der Waals surface area (Å²) in [6, 6.07) is 0. The van der Waals surface area contributed by atoms with Crippen LogP contribution in [-0.4, -0.2) is 13.1 Å². The first kappa shape index (κ1) is 12.4. The highest BCUT2D eigenvalue weighted by Gasteiger charge is 2.42. The van der Waals surface area contributed by atoms with Crippen LogP contribution in [0.3, 0.4) is 0 Å². The summed E-state index contributed by atoms with van der Waals surface area (Å²) in [4.78, 5) is 0. The van der Waals surface area contributed by atoms with E-state index in [9.17, 15) is 0 Å². The van der Waals surface area contributed by atoms with Crippen molar-refractivity contribution in [2.75, 3.05) is 13.1 Å². The SMILES string of the molecule is CCCC1(CC)CCNCC1C1CCCC1. The fourth-order valence-corrected chi connectivity index (χ4v) is 4.45. The molecule has 2 fully saturated rings. The van der Waals surface area contributed by atoms with Crippen molar-refractivity contribution in [3.63, 3.8) is 0 Å². The molecule has 16 heavy (non-hydrogen) atoms. The maximum Gasteiger partial charge on any atom is -0.00125 e. The van der Waals surface area contributed by atoms with Crippen LogP contribution < -0.4 is 5.32 Å². The van der Waals surface area contributed by atoms with E-state index >= 15 is 0 Å². The van der Waals surface area contributed by atoms with Crippen molar-refractivity contribution in [2.24, 2.45) is 17.3 Å². The van der Waals surface area contributed by atoms with Crippen LogP contribution in [0.1, 0.15) is 65.2 Å². The van der Waals surface area contributed by atoms with Gasteiger partial charge in [-0.05, 0) is 43.2 Å². The molecule has 0 amide bonds. The van der Waals surface area contributed by atoms with Gasteiger partial charge in [-0.3, -0.25) is 0 Å². The molecule has 0 aromatic heterocycles. The highest BCUT2D eigenvalue weighted by Crippen LogP contribution is 2.49. The maximum atomic E-state index is 3.66. The highest BCUT2D eigenvalue weighted by molar-refractivity contribution is 4.94. The van der Waals surface area contributed by atoms with Gasteiger partial charge in [0.15, 0.2) is 0 Å². The van der Waals surface area contributed by atoms with E-state index in [1.165, 1.54) is 64.5 Å². The molecule has 1 aliphatic heterocycles. The van der Waals surface area contributed by atoms with Crippen LogP contribution in [0.5, 0.6) is 0 Å². The van der Waals surface area contributed by atoms with Gasteiger partial charge < -0.3 is 5.32 Å². The van der Waals surface area contributed by atoms with E-state index in [0.29, 0.717) is 5.41 Å². The predicted molar refractivity (Wildman–Crippen MR) is 70.6 cm³/mol. The Labute approximate surface area is 101 Å². The minimum absolute atomic E-state index is 0.689. The van der Waals surface area contributed by atoms with Crippen LogP contribution >= 0.6 is 0 Å². The zero-order chi connectivity index (χ0) is 11.4. The fraction of sp³-hybridized carbons (Fsp3) is 1.00. The third-order valence-corrected chi connectivity index (χ3v) is 5.37. The van der Waals surface area contributed by atoms with Crippen LogP contribution in [0, 0.1) is 17.3 Å². The molecular formula is C15H29N. The molecule has 1 nitrogen and oxygen atoms in total. The number of hydrogen-bond donors (Lipinski definition) is 1. The second kappa shape index (κ2) is 5.53. The first-order chi connectivity index (χ1) is 7.82. The average Bonchev–Trinajstić information content (AvgIpc) is 2.83. The van der Waals surface area contributed by atoms with Crippen LogP contribution in [0.2, 0.25) is 0 Å². The molecule has 0 radical (unpaired) electrons. The van der Waals surface area contributed by atoms with Gasteiger partial charge in [0.05, 0.1) is 0 Å². The van der Waals surface area contributed by atoms with Gasteiger partial charge in [0.25, 0.3) is 0 Å². The Balaban J connectivity index is 2.10. The molecule has 0 aromatic rings. The normalized spacial score (nSPS) is 36.8. The summed E-state index contributed by atoms with van der Waals surface area (Å²) in [6.45, 7) is 7.36. The lowest BCUT2D eigenvalue weighted by Gasteiger charge is -2.47. The van der Waals surface area contributed by atoms with Gasteiger partial charge in [-0.25, -0.2) is 0 Å². The molecule has 1 heteroatoms. The summed E-state index contributed by atoms with van der Waals surface area (Å²) in [6.07, 6.45) is 11.7. The van der Waals surface area contributed by atoms with E-state index in [1.807, 2.05) is 0 Å². The van der Waals surface area contributed by atoms with Crippen LogP contribution in [0.15, 0.2) is 0 Å². The summed E-state index contributed by atoms with van der Waals surface area (Å²) in [7, 11) is 0. The van der Waals surface area contributed by atoms with Crippen LogP contribution in [-0.2, 0) is 0 Å². The summed E-state index contributed by atoms with van der Waals surface area (Å²) in [5.41, 5.74) is 0.689. The largest absolute Gasteiger partial charge is 0.316 e. The van der Waals surface area contributed by atoms with Crippen molar-refractivity contribution in [3.05, 3.63) is 0 Å². The average molecular weight is 223 g/mol. The molecule has 2 atom stereocenters. The molecule has 2 unspecified atom stereocenters. The van der Waals surface area contributed by atoms with Crippen molar-refractivity contribution in [2.45, 2.75) is 65.2 Å². The first-order valence-corrected chi connectivity index (χ1v) is 7.53. The zero-order valence-corrected chi connectivity index (χ0v) is 11.2. The van der Waals surface area contributed by atoms with Crippen molar-refractivity contribution >= 4 is 0 Å². The Morgan fingerprint density at radius 3 is 2.56 bits per heavy atom. The molecule has 1 saturated carbocycles. The minimum atomic E-state index is 0.689. The quantitative estimate of drug-likeness (QED) is 0.760. The Morgan fingerprint density at radius 2 is 1.94 bits per heavy atom. The van der Waals surface area contributed by atoms with E-state index in [-0.39, 0.29) is 0 Å². The van der Waals surface area contributed by atoms with E-state index in [2.05, 4.69) is 19.2 Å². The Morgan fingerprint density at radius 1 is 1.19 bits per heavy atom. The van der Waals surface area contributed by atoms with Crippen molar-refractivity contribution < 1.29 is 0 Å². The number of hydrogen-bond acceptors (Lipinski definition) is 1. The summed E-state index contributed by atoms with van der Waals surface area (Å²) in [5, 5.41) is 3.66. The van der Waals surface area contributed by atoms with Gasteiger partial charge in [0.2, 0.25) is 0 Å². The minimum Gasteiger partial charge on any atom is -0.316 e. The number of nitrogens with one attached hydrogen (secondary N) is 1. The molecule has 0 spiro atoms. The van der Waals surface area contributed by atoms with Gasteiger partial charge in [-0.15, -0.1) is 0 Å². The van der Waals surface area contributed by atoms with E-state index < -0.39 is 0 Å². The molecule has 1 saturated heterocycles. The lowest BCUT2D eigenvalue weighted by atomic mass is 9.61. The first-order valence-electron chi connectivity index (χ1n) is 7.53. The molecule has 0 bridgehead atoms. The van der Waals surface area contributed by atoms with E-state index in [0.717, 1.165) is 11.8 Å². The Hall–Kier alpha value is -0.0400. The smallest absolute Gasteiger partial charge is 0.00125 e. The van der Waals surface area contributed by atoms with Gasteiger partial charge in [-0.2, -0.15) is 0 Å². The Bertz CT molecular complexity index is 203. The van der Waals surface area contributed by atoms with Gasteiger partial charge in [-0.1, -0.05) is 52.4 Å². The molecule has 1 N–H and O–H groups in total. The molecule has 1 heterocycles. The van der Waals surface area contributed by atoms with Crippen LogP contribution in [0.25, 0.3) is 0 Å². The number of rotatable bonds is 4. The molecule has 2 aliphatic rings. The fourth-order valence-electron chi connectivity index (χ4n) is 4.45. The molecule has 1 aliphatic carbocycles. The second-order valence-corrected chi connectivity index (χ2v) is 6.07. The van der Waals surface area contributed by atoms with E-state index in [1.54, 1.807) is 0 Å². The van der Waals surface area contributed by atoms with Crippen LogP contribution in [0.4, 0.5) is 0 Å². The summed E-state index contributed by atoms with van der Waals surface area (Å²) >= 11 is 0. The highest BCUT2D eigenvalue weighted by atomic mass is 14.9. The van der Waals surface area contributed by atoms with Crippen molar-refractivity contribution in [1.29, 1.82) is 0 Å². The number of piperidine rings is 1. The summed E-state index contributed by atoms with van der Waals surface area (Å²) in [5.74, 6) is 2.02. The van der Waals surface area contributed by atoms with E-state index in [4.69, 9.17) is 0 Å². The Kier molecular flexibility index (Phi) is 4.29. The molecule has 94 valence electrons. The lowest BCUT2D eigenvalue weighted by Crippen LogP contribution is -2.47. The standard InChI is InChI=1S/C15H29N/c1-3-9-15(4-2)10-11-16-12-14(15)13-7-5-6-8-13/h13-14,16H,3-12H2,1-2H3. The molecule has 0 aromatic carbocycles. The third kappa shape index (κ3) is 2.30. The zero-order valence-electron chi connectivity index (χ0n) is 11.2. The summed E-state index contributed by atoms with van der Waals surface area (Å²) < 4.78 is 0. The lowest BCUT2D eigenvalue weighted by molar-refractivity contribution is 0.0459.